The first-order chi connectivity index (χ1) is 8.83. The molecule has 19 heavy (non-hydrogen) atoms. The Morgan fingerprint density at radius 1 is 1.26 bits per heavy atom. The molecule has 4 atom stereocenters. The second-order valence-corrected chi connectivity index (χ2v) is 6.31. The van der Waals surface area contributed by atoms with Gasteiger partial charge in [-0.25, -0.2) is 0 Å². The molecule has 104 valence electrons. The maximum Gasteiger partial charge on any atom is 0.250 e. The van der Waals surface area contributed by atoms with Crippen molar-refractivity contribution in [1.29, 1.82) is 0 Å². The zero-order valence-corrected chi connectivity index (χ0v) is 12.7. The van der Waals surface area contributed by atoms with Gasteiger partial charge < -0.3 is 26.4 Å². The number of hydrogen-bond donors (Lipinski definition) is 1. The molecule has 1 unspecified atom stereocenters. The van der Waals surface area contributed by atoms with Gasteiger partial charge in [-0.05, 0) is 31.7 Å². The summed E-state index contributed by atoms with van der Waals surface area (Å²) in [5.74, 6) is 1.37. The lowest BCUT2D eigenvalue weighted by Gasteiger charge is -2.47. The molecule has 0 radical (unpaired) electrons. The van der Waals surface area contributed by atoms with E-state index < -0.39 is 0 Å². The lowest BCUT2D eigenvalue weighted by molar-refractivity contribution is -0.942. The van der Waals surface area contributed by atoms with E-state index in [1.165, 1.54) is 44.5 Å². The Kier molecular flexibility index (Phi) is 3.56. The van der Waals surface area contributed by atoms with Crippen molar-refractivity contribution in [1.82, 2.24) is 4.57 Å². The van der Waals surface area contributed by atoms with Crippen LogP contribution in [0.15, 0.2) is 23.0 Å². The molecule has 0 spiro atoms. The van der Waals surface area contributed by atoms with Gasteiger partial charge in [-0.1, -0.05) is 6.07 Å². The van der Waals surface area contributed by atoms with Crippen molar-refractivity contribution in [2.45, 2.75) is 44.2 Å². The standard InChI is InChI=1S/C15H20N2O.BrH/c18-15-6-3-5-14-11-8-12(10-17(14)15)13-4-1-2-7-16(13)9-11;/h3,5-6,11-13H,1-2,4,7-10H2;1H/t11-,12-,13-;/m1./s1. The molecule has 2 fully saturated rings. The van der Waals surface area contributed by atoms with Crippen LogP contribution in [0.5, 0.6) is 0 Å². The third kappa shape index (κ3) is 2.09. The zero-order valence-electron chi connectivity index (χ0n) is 11.1. The first kappa shape index (κ1) is 13.4. The summed E-state index contributed by atoms with van der Waals surface area (Å²) < 4.78 is 2.06. The first-order valence-electron chi connectivity index (χ1n) is 7.37. The minimum absolute atomic E-state index is 0. The molecule has 3 nitrogen and oxygen atoms in total. The molecule has 1 N–H and O–H groups in total. The molecule has 0 amide bonds. The lowest BCUT2D eigenvalue weighted by atomic mass is 9.75. The fourth-order valence-electron chi connectivity index (χ4n) is 4.61. The smallest absolute Gasteiger partial charge is 0.250 e. The number of quaternary nitrogens is 1. The van der Waals surface area contributed by atoms with Crippen LogP contribution in [0.2, 0.25) is 0 Å². The van der Waals surface area contributed by atoms with Crippen LogP contribution in [0.1, 0.15) is 37.3 Å². The number of nitrogens with one attached hydrogen (secondary N) is 1. The van der Waals surface area contributed by atoms with Crippen LogP contribution in [-0.2, 0) is 6.54 Å². The van der Waals surface area contributed by atoms with Gasteiger partial charge in [-0.15, -0.1) is 0 Å². The lowest BCUT2D eigenvalue weighted by Crippen LogP contribution is -3.19. The normalized spacial score (nSPS) is 35.8. The van der Waals surface area contributed by atoms with Crippen molar-refractivity contribution < 1.29 is 21.9 Å². The van der Waals surface area contributed by atoms with Crippen molar-refractivity contribution in [2.75, 3.05) is 13.1 Å². The van der Waals surface area contributed by atoms with Crippen molar-refractivity contribution in [3.8, 4) is 0 Å². The van der Waals surface area contributed by atoms with Crippen LogP contribution in [0, 0.1) is 5.92 Å². The molecule has 2 saturated heterocycles. The third-order valence-electron chi connectivity index (χ3n) is 5.37. The summed E-state index contributed by atoms with van der Waals surface area (Å²) in [6, 6.07) is 6.66. The Hall–Kier alpha value is -0.610. The Labute approximate surface area is 124 Å². The Balaban J connectivity index is 0.00000110. The molecule has 0 saturated carbocycles. The molecular weight excluding hydrogens is 304 g/mol. The number of fused-ring (bicyclic) bond motifs is 6. The minimum Gasteiger partial charge on any atom is -1.00 e. The predicted octanol–water partition coefficient (Wildman–Crippen LogP) is -2.59. The fourth-order valence-corrected chi connectivity index (χ4v) is 4.61. The van der Waals surface area contributed by atoms with E-state index in [9.17, 15) is 4.79 Å². The molecule has 1 aromatic heterocycles. The van der Waals surface area contributed by atoms with Gasteiger partial charge in [0.1, 0.15) is 0 Å². The van der Waals surface area contributed by atoms with Gasteiger partial charge in [0.05, 0.1) is 19.1 Å². The number of piperidine rings is 2. The second-order valence-electron chi connectivity index (χ2n) is 6.31. The van der Waals surface area contributed by atoms with E-state index in [0.29, 0.717) is 5.92 Å². The molecule has 1 aromatic rings. The van der Waals surface area contributed by atoms with E-state index in [1.807, 2.05) is 11.0 Å². The number of pyridine rings is 1. The van der Waals surface area contributed by atoms with Gasteiger partial charge in [0, 0.05) is 30.1 Å². The van der Waals surface area contributed by atoms with Gasteiger partial charge in [-0.2, -0.15) is 0 Å². The van der Waals surface area contributed by atoms with Crippen molar-refractivity contribution in [3.05, 3.63) is 34.2 Å². The molecule has 4 rings (SSSR count). The number of halogens is 1. The molecule has 3 aliphatic heterocycles. The summed E-state index contributed by atoms with van der Waals surface area (Å²) in [5.41, 5.74) is 1.51. The molecule has 4 heteroatoms. The number of nitrogens with zero attached hydrogens (tertiary/aromatic N) is 1. The average Bonchev–Trinajstić information content (AvgIpc) is 2.40. The topological polar surface area (TPSA) is 26.4 Å². The van der Waals surface area contributed by atoms with E-state index in [1.54, 1.807) is 6.07 Å². The monoisotopic (exact) mass is 324 g/mol. The van der Waals surface area contributed by atoms with Gasteiger partial charge in [-0.3, -0.25) is 4.79 Å². The van der Waals surface area contributed by atoms with E-state index in [0.717, 1.165) is 18.5 Å². The minimum atomic E-state index is 0. The van der Waals surface area contributed by atoms with Crippen LogP contribution in [-0.4, -0.2) is 23.7 Å². The summed E-state index contributed by atoms with van der Waals surface area (Å²) in [4.78, 5) is 13.8. The van der Waals surface area contributed by atoms with Crippen LogP contribution in [0.25, 0.3) is 0 Å². The van der Waals surface area contributed by atoms with Gasteiger partial charge in [0.25, 0.3) is 5.56 Å². The Bertz CT molecular complexity index is 527. The summed E-state index contributed by atoms with van der Waals surface area (Å²) in [7, 11) is 0. The zero-order chi connectivity index (χ0) is 12.1. The molecule has 3 aliphatic rings. The number of rotatable bonds is 0. The van der Waals surface area contributed by atoms with E-state index in [-0.39, 0.29) is 22.5 Å². The van der Waals surface area contributed by atoms with Crippen molar-refractivity contribution in [2.24, 2.45) is 5.92 Å². The Morgan fingerprint density at radius 3 is 3.05 bits per heavy atom. The highest BCUT2D eigenvalue weighted by molar-refractivity contribution is 5.16. The molecular formula is C15H21BrN2O. The summed E-state index contributed by atoms with van der Waals surface area (Å²) >= 11 is 0. The third-order valence-corrected chi connectivity index (χ3v) is 5.37. The highest BCUT2D eigenvalue weighted by Gasteiger charge is 2.44. The van der Waals surface area contributed by atoms with Gasteiger partial charge >= 0.3 is 0 Å². The predicted molar refractivity (Wildman–Crippen MR) is 69.9 cm³/mol. The largest absolute Gasteiger partial charge is 1.00 e. The molecule has 0 aliphatic carbocycles. The van der Waals surface area contributed by atoms with E-state index in [4.69, 9.17) is 0 Å². The van der Waals surface area contributed by atoms with Crippen molar-refractivity contribution >= 4 is 0 Å². The van der Waals surface area contributed by atoms with Crippen LogP contribution in [0.4, 0.5) is 0 Å². The maximum absolute atomic E-state index is 12.0. The van der Waals surface area contributed by atoms with Crippen LogP contribution >= 0.6 is 0 Å². The van der Waals surface area contributed by atoms with Crippen LogP contribution < -0.4 is 27.4 Å². The molecule has 0 aromatic carbocycles. The highest BCUT2D eigenvalue weighted by Crippen LogP contribution is 2.34. The number of aromatic nitrogens is 1. The quantitative estimate of drug-likeness (QED) is 0.557. The summed E-state index contributed by atoms with van der Waals surface area (Å²) in [5, 5.41) is 0. The molecule has 4 heterocycles. The average molecular weight is 325 g/mol. The number of hydrogen-bond acceptors (Lipinski definition) is 1. The summed E-state index contributed by atoms with van der Waals surface area (Å²) in [6.45, 7) is 3.58. The SMILES string of the molecule is O=c1cccc2n1C[C@H]1C[C@@H]2C[NH+]2CCCC[C@H]12.[Br-]. The Morgan fingerprint density at radius 2 is 2.16 bits per heavy atom. The van der Waals surface area contributed by atoms with E-state index >= 15 is 0 Å². The fraction of sp³-hybridized carbons (Fsp3) is 0.667. The van der Waals surface area contributed by atoms with E-state index in [2.05, 4.69) is 10.6 Å². The van der Waals surface area contributed by atoms with Crippen molar-refractivity contribution in [3.63, 3.8) is 0 Å². The van der Waals surface area contributed by atoms with Gasteiger partial charge in [0.15, 0.2) is 0 Å². The first-order valence-corrected chi connectivity index (χ1v) is 7.37. The van der Waals surface area contributed by atoms with Gasteiger partial charge in [0.2, 0.25) is 0 Å². The maximum atomic E-state index is 12.0. The molecule has 2 bridgehead atoms. The second kappa shape index (κ2) is 5.06. The summed E-state index contributed by atoms with van der Waals surface area (Å²) in [6.07, 6.45) is 5.49. The van der Waals surface area contributed by atoms with Crippen LogP contribution in [0.3, 0.4) is 0 Å². The highest BCUT2D eigenvalue weighted by atomic mass is 79.9.